The van der Waals surface area contributed by atoms with Gasteiger partial charge in [-0.05, 0) is 31.5 Å². The van der Waals surface area contributed by atoms with Gasteiger partial charge in [-0.15, -0.1) is 11.3 Å². The Kier molecular flexibility index (Phi) is 5.77. The summed E-state index contributed by atoms with van der Waals surface area (Å²) in [6.07, 6.45) is 2.80. The van der Waals surface area contributed by atoms with E-state index in [2.05, 4.69) is 32.8 Å². The maximum absolute atomic E-state index is 12.7. The van der Waals surface area contributed by atoms with Gasteiger partial charge in [0.05, 0.1) is 5.75 Å². The molecule has 0 spiro atoms. The van der Waals surface area contributed by atoms with Crippen molar-refractivity contribution in [3.05, 3.63) is 41.2 Å². The standard InChI is InChI=1S/C20H23N5OS2/c1-3-15-12-16-19(22-14(2)23-20(16)28-15)27-13-18(26)25-10-8-24(9-11-25)17-6-4-5-7-21-17/h4-7,12H,3,8-11,13H2,1-2H3. The Hall–Kier alpha value is -2.19. The molecule has 3 aromatic heterocycles. The van der Waals surface area contributed by atoms with Crippen LogP contribution in [0.1, 0.15) is 17.6 Å². The van der Waals surface area contributed by atoms with Gasteiger partial charge >= 0.3 is 0 Å². The van der Waals surface area contributed by atoms with Gasteiger partial charge in [0, 0.05) is 42.6 Å². The lowest BCUT2D eigenvalue weighted by Gasteiger charge is -2.35. The van der Waals surface area contributed by atoms with E-state index in [1.807, 2.05) is 36.2 Å². The van der Waals surface area contributed by atoms with Gasteiger partial charge in [-0.3, -0.25) is 4.79 Å². The van der Waals surface area contributed by atoms with Crippen LogP contribution in [0.5, 0.6) is 0 Å². The Balaban J connectivity index is 1.37. The molecule has 1 aliphatic heterocycles. The second kappa shape index (κ2) is 8.45. The van der Waals surface area contributed by atoms with E-state index < -0.39 is 0 Å². The van der Waals surface area contributed by atoms with E-state index in [9.17, 15) is 4.79 Å². The fourth-order valence-corrected chi connectivity index (χ4v) is 5.31. The normalized spacial score (nSPS) is 14.6. The average molecular weight is 414 g/mol. The van der Waals surface area contributed by atoms with E-state index in [0.29, 0.717) is 5.75 Å². The first-order chi connectivity index (χ1) is 13.6. The van der Waals surface area contributed by atoms with E-state index in [1.165, 1.54) is 16.6 Å². The van der Waals surface area contributed by atoms with E-state index in [-0.39, 0.29) is 5.91 Å². The quantitative estimate of drug-likeness (QED) is 0.472. The molecule has 3 aromatic rings. The van der Waals surface area contributed by atoms with Crippen molar-refractivity contribution < 1.29 is 4.79 Å². The highest BCUT2D eigenvalue weighted by molar-refractivity contribution is 8.00. The third kappa shape index (κ3) is 4.12. The van der Waals surface area contributed by atoms with Crippen molar-refractivity contribution in [3.63, 3.8) is 0 Å². The molecule has 8 heteroatoms. The minimum Gasteiger partial charge on any atom is -0.353 e. The van der Waals surface area contributed by atoms with E-state index >= 15 is 0 Å². The summed E-state index contributed by atoms with van der Waals surface area (Å²) in [4.78, 5) is 32.8. The molecule has 1 saturated heterocycles. The van der Waals surface area contributed by atoms with Gasteiger partial charge in [-0.25, -0.2) is 15.0 Å². The zero-order valence-electron chi connectivity index (χ0n) is 16.1. The SMILES string of the molecule is CCc1cc2c(SCC(=O)N3CCN(c4ccccn4)CC3)nc(C)nc2s1. The van der Waals surface area contributed by atoms with Crippen LogP contribution >= 0.6 is 23.1 Å². The largest absolute Gasteiger partial charge is 0.353 e. The number of rotatable bonds is 5. The summed E-state index contributed by atoms with van der Waals surface area (Å²) in [5, 5.41) is 1.99. The molecule has 4 heterocycles. The van der Waals surface area contributed by atoms with Crippen LogP contribution in [0.25, 0.3) is 10.2 Å². The van der Waals surface area contributed by atoms with Crippen molar-refractivity contribution in [1.82, 2.24) is 19.9 Å². The molecular weight excluding hydrogens is 390 g/mol. The Morgan fingerprint density at radius 2 is 2.04 bits per heavy atom. The van der Waals surface area contributed by atoms with E-state index in [1.54, 1.807) is 11.3 Å². The number of carbonyl (C=O) groups is 1. The predicted molar refractivity (Wildman–Crippen MR) is 115 cm³/mol. The molecule has 0 unspecified atom stereocenters. The van der Waals surface area contributed by atoms with Crippen LogP contribution < -0.4 is 4.90 Å². The molecule has 0 radical (unpaired) electrons. The molecule has 6 nitrogen and oxygen atoms in total. The number of nitrogens with zero attached hydrogens (tertiary/aromatic N) is 5. The third-order valence-electron chi connectivity index (χ3n) is 4.81. The number of fused-ring (bicyclic) bond motifs is 1. The lowest BCUT2D eigenvalue weighted by atomic mass is 10.3. The maximum atomic E-state index is 12.7. The van der Waals surface area contributed by atoms with Crippen molar-refractivity contribution in [1.29, 1.82) is 0 Å². The first kappa shape index (κ1) is 19.1. The molecule has 146 valence electrons. The average Bonchev–Trinajstić information content (AvgIpc) is 3.15. The number of amides is 1. The molecular formula is C20H23N5OS2. The van der Waals surface area contributed by atoms with Crippen LogP contribution in [0.3, 0.4) is 0 Å². The van der Waals surface area contributed by atoms with Crippen LogP contribution in [0.15, 0.2) is 35.5 Å². The van der Waals surface area contributed by atoms with Gasteiger partial charge < -0.3 is 9.80 Å². The van der Waals surface area contributed by atoms with Gasteiger partial charge in [0.2, 0.25) is 5.91 Å². The van der Waals surface area contributed by atoms with Crippen molar-refractivity contribution >= 4 is 45.0 Å². The van der Waals surface area contributed by atoms with Gasteiger partial charge in [0.25, 0.3) is 0 Å². The number of piperazine rings is 1. The van der Waals surface area contributed by atoms with Crippen LogP contribution in [0.4, 0.5) is 5.82 Å². The third-order valence-corrected chi connectivity index (χ3v) is 6.96. The molecule has 1 aliphatic rings. The lowest BCUT2D eigenvalue weighted by Crippen LogP contribution is -2.49. The summed E-state index contributed by atoms with van der Waals surface area (Å²) in [7, 11) is 0. The molecule has 0 aromatic carbocycles. The number of pyridine rings is 1. The number of thioether (sulfide) groups is 1. The van der Waals surface area contributed by atoms with E-state index in [0.717, 1.165) is 59.5 Å². The number of thiophene rings is 1. The summed E-state index contributed by atoms with van der Waals surface area (Å²) < 4.78 is 0. The molecule has 28 heavy (non-hydrogen) atoms. The number of carbonyl (C=O) groups excluding carboxylic acids is 1. The van der Waals surface area contributed by atoms with Gasteiger partial charge in [0.15, 0.2) is 0 Å². The Bertz CT molecular complexity index is 967. The number of hydrogen-bond acceptors (Lipinski definition) is 7. The molecule has 0 aliphatic carbocycles. The number of aryl methyl sites for hydroxylation is 2. The van der Waals surface area contributed by atoms with Crippen LogP contribution in [0.2, 0.25) is 0 Å². The smallest absolute Gasteiger partial charge is 0.233 e. The van der Waals surface area contributed by atoms with Gasteiger partial charge in [-0.1, -0.05) is 24.8 Å². The van der Waals surface area contributed by atoms with Crippen LogP contribution in [0, 0.1) is 6.92 Å². The minimum atomic E-state index is 0.168. The highest BCUT2D eigenvalue weighted by Gasteiger charge is 2.22. The predicted octanol–water partition coefficient (Wildman–Crippen LogP) is 3.40. The summed E-state index contributed by atoms with van der Waals surface area (Å²) in [6.45, 7) is 7.14. The summed E-state index contributed by atoms with van der Waals surface area (Å²) in [5.41, 5.74) is 0. The van der Waals surface area contributed by atoms with Gasteiger partial charge in [-0.2, -0.15) is 0 Å². The van der Waals surface area contributed by atoms with E-state index in [4.69, 9.17) is 0 Å². The second-order valence-electron chi connectivity index (χ2n) is 6.71. The zero-order valence-corrected chi connectivity index (χ0v) is 17.7. The first-order valence-electron chi connectivity index (χ1n) is 9.47. The second-order valence-corrected chi connectivity index (χ2v) is 8.78. The Morgan fingerprint density at radius 1 is 1.21 bits per heavy atom. The summed E-state index contributed by atoms with van der Waals surface area (Å²) in [5.74, 6) is 2.32. The molecule has 0 saturated carbocycles. The van der Waals surface area contributed by atoms with Crippen molar-refractivity contribution in [2.75, 3.05) is 36.8 Å². The summed E-state index contributed by atoms with van der Waals surface area (Å²) >= 11 is 3.24. The number of aromatic nitrogens is 3. The fraction of sp³-hybridized carbons (Fsp3) is 0.400. The van der Waals surface area contributed by atoms with Crippen LogP contribution in [-0.2, 0) is 11.2 Å². The highest BCUT2D eigenvalue weighted by atomic mass is 32.2. The monoisotopic (exact) mass is 413 g/mol. The zero-order chi connectivity index (χ0) is 19.5. The molecule has 1 amide bonds. The van der Waals surface area contributed by atoms with Crippen molar-refractivity contribution in [3.8, 4) is 0 Å². The highest BCUT2D eigenvalue weighted by Crippen LogP contribution is 2.32. The number of anilines is 1. The number of hydrogen-bond donors (Lipinski definition) is 0. The Labute approximate surface area is 173 Å². The molecule has 4 rings (SSSR count). The fourth-order valence-electron chi connectivity index (χ4n) is 3.28. The van der Waals surface area contributed by atoms with Crippen LogP contribution in [-0.4, -0.2) is 57.7 Å². The first-order valence-corrected chi connectivity index (χ1v) is 11.3. The molecule has 0 bridgehead atoms. The minimum absolute atomic E-state index is 0.168. The topological polar surface area (TPSA) is 62.2 Å². The van der Waals surface area contributed by atoms with Gasteiger partial charge in [0.1, 0.15) is 21.5 Å². The molecule has 1 fully saturated rings. The maximum Gasteiger partial charge on any atom is 0.233 e. The summed E-state index contributed by atoms with van der Waals surface area (Å²) in [6, 6.07) is 8.10. The van der Waals surface area contributed by atoms with Crippen molar-refractivity contribution in [2.24, 2.45) is 0 Å². The molecule has 0 atom stereocenters. The van der Waals surface area contributed by atoms with Crippen molar-refractivity contribution in [2.45, 2.75) is 25.3 Å². The Morgan fingerprint density at radius 3 is 2.75 bits per heavy atom. The molecule has 0 N–H and O–H groups in total. The lowest BCUT2D eigenvalue weighted by molar-refractivity contribution is -0.128.